The SMILES string of the molecule is CC(C)(C)n1cc(C(N)=O)c2c(C(F)(F)F)nc(C(F)(F)F)nc21. The third kappa shape index (κ3) is 3.02. The Balaban J connectivity index is 3.07. The minimum atomic E-state index is -5.23. The zero-order valence-electron chi connectivity index (χ0n) is 12.7. The molecular formula is C13H12F6N4O. The summed E-state index contributed by atoms with van der Waals surface area (Å²) in [5.74, 6) is -3.17. The third-order valence-corrected chi connectivity index (χ3v) is 3.16. The molecular weight excluding hydrogens is 342 g/mol. The van der Waals surface area contributed by atoms with Gasteiger partial charge in [-0.05, 0) is 20.8 Å². The second-order valence-electron chi connectivity index (χ2n) is 6.04. The molecule has 0 unspecified atom stereocenters. The predicted octanol–water partition coefficient (Wildman–Crippen LogP) is 3.32. The second kappa shape index (κ2) is 5.08. The molecule has 2 rings (SSSR count). The zero-order valence-corrected chi connectivity index (χ0v) is 12.7. The molecule has 11 heteroatoms. The summed E-state index contributed by atoms with van der Waals surface area (Å²) in [6.45, 7) is 4.58. The zero-order chi connectivity index (χ0) is 18.7. The maximum absolute atomic E-state index is 13.2. The summed E-state index contributed by atoms with van der Waals surface area (Å²) in [6.07, 6.45) is -9.46. The quantitative estimate of drug-likeness (QED) is 0.799. The largest absolute Gasteiger partial charge is 0.451 e. The van der Waals surface area contributed by atoms with Crippen LogP contribution >= 0.6 is 0 Å². The van der Waals surface area contributed by atoms with E-state index in [2.05, 4.69) is 9.97 Å². The molecule has 132 valence electrons. The molecule has 2 N–H and O–H groups in total. The van der Waals surface area contributed by atoms with Crippen molar-refractivity contribution in [2.24, 2.45) is 5.73 Å². The third-order valence-electron chi connectivity index (χ3n) is 3.16. The molecule has 0 aromatic carbocycles. The van der Waals surface area contributed by atoms with Crippen molar-refractivity contribution in [3.05, 3.63) is 23.3 Å². The van der Waals surface area contributed by atoms with Crippen molar-refractivity contribution in [3.63, 3.8) is 0 Å². The number of hydrogen-bond acceptors (Lipinski definition) is 3. The Bertz CT molecular complexity index is 813. The van der Waals surface area contributed by atoms with Gasteiger partial charge in [0, 0.05) is 11.7 Å². The van der Waals surface area contributed by atoms with E-state index >= 15 is 0 Å². The molecule has 2 aromatic rings. The lowest BCUT2D eigenvalue weighted by molar-refractivity contribution is -0.151. The van der Waals surface area contributed by atoms with E-state index in [0.29, 0.717) is 0 Å². The average Bonchev–Trinajstić information content (AvgIpc) is 2.74. The molecule has 0 bridgehead atoms. The molecule has 1 amide bonds. The van der Waals surface area contributed by atoms with Gasteiger partial charge in [0.05, 0.1) is 10.9 Å². The fourth-order valence-corrected chi connectivity index (χ4v) is 2.16. The van der Waals surface area contributed by atoms with Crippen LogP contribution in [0.3, 0.4) is 0 Å². The molecule has 2 aromatic heterocycles. The maximum Gasteiger partial charge on any atom is 0.451 e. The Morgan fingerprint density at radius 1 is 1.04 bits per heavy atom. The molecule has 5 nitrogen and oxygen atoms in total. The molecule has 0 saturated carbocycles. The minimum Gasteiger partial charge on any atom is -0.366 e. The van der Waals surface area contributed by atoms with Crippen LogP contribution in [0.4, 0.5) is 26.3 Å². The van der Waals surface area contributed by atoms with Crippen LogP contribution in [0.1, 0.15) is 42.6 Å². The number of aromatic nitrogens is 3. The van der Waals surface area contributed by atoms with Gasteiger partial charge in [0.25, 0.3) is 5.91 Å². The number of carbonyl (C=O) groups is 1. The predicted molar refractivity (Wildman–Crippen MR) is 71.0 cm³/mol. The molecule has 0 atom stereocenters. The second-order valence-corrected chi connectivity index (χ2v) is 6.04. The number of alkyl halides is 6. The van der Waals surface area contributed by atoms with Crippen LogP contribution in [0.15, 0.2) is 6.20 Å². The summed E-state index contributed by atoms with van der Waals surface area (Å²) in [4.78, 5) is 17.3. The van der Waals surface area contributed by atoms with Crippen molar-refractivity contribution in [3.8, 4) is 0 Å². The monoisotopic (exact) mass is 354 g/mol. The van der Waals surface area contributed by atoms with Crippen molar-refractivity contribution in [2.45, 2.75) is 38.7 Å². The van der Waals surface area contributed by atoms with Crippen LogP contribution in [0.5, 0.6) is 0 Å². The van der Waals surface area contributed by atoms with Crippen molar-refractivity contribution in [1.82, 2.24) is 14.5 Å². The van der Waals surface area contributed by atoms with Crippen LogP contribution in [-0.2, 0) is 17.9 Å². The van der Waals surface area contributed by atoms with Gasteiger partial charge >= 0.3 is 12.4 Å². The molecule has 24 heavy (non-hydrogen) atoms. The lowest BCUT2D eigenvalue weighted by atomic mass is 10.1. The number of hydrogen-bond donors (Lipinski definition) is 1. The van der Waals surface area contributed by atoms with E-state index < -0.39 is 51.9 Å². The first kappa shape index (κ1) is 18.0. The van der Waals surface area contributed by atoms with E-state index in [0.717, 1.165) is 10.8 Å². The van der Waals surface area contributed by atoms with E-state index in [1.165, 1.54) is 20.8 Å². The van der Waals surface area contributed by atoms with E-state index in [4.69, 9.17) is 5.73 Å². The minimum absolute atomic E-state index is 0.596. The lowest BCUT2D eigenvalue weighted by Crippen LogP contribution is -2.23. The highest BCUT2D eigenvalue weighted by atomic mass is 19.4. The molecule has 0 radical (unpaired) electrons. The molecule has 2 heterocycles. The molecule has 0 saturated heterocycles. The van der Waals surface area contributed by atoms with E-state index in [-0.39, 0.29) is 0 Å². The van der Waals surface area contributed by atoms with Crippen molar-refractivity contribution < 1.29 is 31.1 Å². The van der Waals surface area contributed by atoms with Gasteiger partial charge in [-0.25, -0.2) is 9.97 Å². The van der Waals surface area contributed by atoms with Gasteiger partial charge in [-0.15, -0.1) is 0 Å². The van der Waals surface area contributed by atoms with Gasteiger partial charge < -0.3 is 10.3 Å². The molecule has 0 aliphatic heterocycles. The summed E-state index contributed by atoms with van der Waals surface area (Å²) < 4.78 is 79.3. The first-order valence-electron chi connectivity index (χ1n) is 6.52. The standard InChI is InChI=1S/C13H12F6N4O/c1-11(2,3)23-4-5(8(20)24)6-7(12(14,15)16)21-10(13(17,18)19)22-9(6)23/h4H,1-3H3,(H2,20,24). The Morgan fingerprint density at radius 2 is 1.58 bits per heavy atom. The van der Waals surface area contributed by atoms with Gasteiger partial charge in [-0.3, -0.25) is 4.79 Å². The maximum atomic E-state index is 13.2. The normalized spacial score (nSPS) is 13.5. The first-order chi connectivity index (χ1) is 10.6. The molecule has 0 aliphatic rings. The number of amides is 1. The Morgan fingerprint density at radius 3 is 1.96 bits per heavy atom. The fourth-order valence-electron chi connectivity index (χ4n) is 2.16. The average molecular weight is 354 g/mol. The molecule has 0 aliphatic carbocycles. The Kier molecular flexibility index (Phi) is 3.81. The topological polar surface area (TPSA) is 73.8 Å². The number of nitrogens with two attached hydrogens (primary N) is 1. The molecule has 0 spiro atoms. The summed E-state index contributed by atoms with van der Waals surface area (Å²) >= 11 is 0. The summed E-state index contributed by atoms with van der Waals surface area (Å²) in [6, 6.07) is 0. The van der Waals surface area contributed by atoms with Crippen LogP contribution in [0.2, 0.25) is 0 Å². The van der Waals surface area contributed by atoms with E-state index in [1.807, 2.05) is 0 Å². The van der Waals surface area contributed by atoms with Crippen molar-refractivity contribution in [2.75, 3.05) is 0 Å². The number of fused-ring (bicyclic) bond motifs is 1. The van der Waals surface area contributed by atoms with Gasteiger partial charge in [0.2, 0.25) is 5.82 Å². The van der Waals surface area contributed by atoms with Crippen LogP contribution in [0, 0.1) is 0 Å². The van der Waals surface area contributed by atoms with Gasteiger partial charge in [0.1, 0.15) is 5.65 Å². The number of carbonyl (C=O) groups excluding carboxylic acids is 1. The van der Waals surface area contributed by atoms with Crippen molar-refractivity contribution >= 4 is 16.9 Å². The Labute approximate surface area is 131 Å². The van der Waals surface area contributed by atoms with Crippen LogP contribution < -0.4 is 5.73 Å². The fraction of sp³-hybridized carbons (Fsp3) is 0.462. The smallest absolute Gasteiger partial charge is 0.366 e. The van der Waals surface area contributed by atoms with Gasteiger partial charge in [-0.2, -0.15) is 26.3 Å². The molecule has 0 fully saturated rings. The lowest BCUT2D eigenvalue weighted by Gasteiger charge is -2.22. The highest BCUT2D eigenvalue weighted by molar-refractivity contribution is 6.06. The summed E-state index contributed by atoms with van der Waals surface area (Å²) in [5.41, 5.74) is 1.01. The highest BCUT2D eigenvalue weighted by Gasteiger charge is 2.43. The van der Waals surface area contributed by atoms with Gasteiger partial charge in [-0.1, -0.05) is 0 Å². The highest BCUT2D eigenvalue weighted by Crippen LogP contribution is 2.39. The number of primary amides is 1. The van der Waals surface area contributed by atoms with Crippen LogP contribution in [0.25, 0.3) is 11.0 Å². The number of halogens is 6. The summed E-state index contributed by atoms with van der Waals surface area (Å²) in [5, 5.41) is -0.849. The van der Waals surface area contributed by atoms with E-state index in [9.17, 15) is 31.1 Å². The first-order valence-corrected chi connectivity index (χ1v) is 6.52. The van der Waals surface area contributed by atoms with Crippen LogP contribution in [-0.4, -0.2) is 20.4 Å². The summed E-state index contributed by atoms with van der Waals surface area (Å²) in [7, 11) is 0. The van der Waals surface area contributed by atoms with Crippen molar-refractivity contribution in [1.29, 1.82) is 0 Å². The van der Waals surface area contributed by atoms with Gasteiger partial charge in [0.15, 0.2) is 5.69 Å². The Hall–Kier alpha value is -2.33. The number of rotatable bonds is 1. The van der Waals surface area contributed by atoms with E-state index in [1.54, 1.807) is 0 Å². The number of nitrogens with zero attached hydrogens (tertiary/aromatic N) is 3.